The van der Waals surface area contributed by atoms with Gasteiger partial charge in [-0.25, -0.2) is 4.39 Å². The average Bonchev–Trinajstić information content (AvgIpc) is 3.34. The largest absolute Gasteiger partial charge is 0.355 e. The number of carbonyl (C=O) groups is 1. The molecule has 3 nitrogen and oxygen atoms in total. The lowest BCUT2D eigenvalue weighted by Crippen LogP contribution is -2.49. The van der Waals surface area contributed by atoms with E-state index >= 15 is 0 Å². The Hall–Kier alpha value is -1.13. The number of fused-ring (bicyclic) bond motifs is 2. The van der Waals surface area contributed by atoms with E-state index in [2.05, 4.69) is 5.32 Å². The summed E-state index contributed by atoms with van der Waals surface area (Å²) in [6, 6.07) is 7.05. The van der Waals surface area contributed by atoms with Crippen LogP contribution in [0.15, 0.2) is 24.3 Å². The van der Waals surface area contributed by atoms with Crippen molar-refractivity contribution in [2.24, 2.45) is 23.5 Å². The molecule has 3 aliphatic carbocycles. The van der Waals surface area contributed by atoms with Gasteiger partial charge in [-0.1, -0.05) is 18.6 Å². The maximum atomic E-state index is 13.1. The van der Waals surface area contributed by atoms with Crippen molar-refractivity contribution in [3.8, 4) is 0 Å². The average molecular weight is 367 g/mol. The Balaban J connectivity index is 0.00000182. The molecule has 1 aromatic carbocycles. The van der Waals surface area contributed by atoms with Gasteiger partial charge in [0, 0.05) is 23.9 Å². The molecule has 5 heteroatoms. The van der Waals surface area contributed by atoms with Crippen LogP contribution in [0.5, 0.6) is 0 Å². The monoisotopic (exact) mass is 366 g/mol. The molecule has 3 fully saturated rings. The van der Waals surface area contributed by atoms with E-state index in [1.807, 2.05) is 12.1 Å². The second kappa shape index (κ2) is 7.24. The van der Waals surface area contributed by atoms with Crippen LogP contribution in [-0.2, 0) is 10.2 Å². The zero-order valence-corrected chi connectivity index (χ0v) is 15.4. The highest BCUT2D eigenvalue weighted by molar-refractivity contribution is 5.85. The number of nitrogens with one attached hydrogen (secondary N) is 1. The maximum Gasteiger partial charge on any atom is 0.223 e. The lowest BCUT2D eigenvalue weighted by molar-refractivity contribution is -0.128. The Kier molecular flexibility index (Phi) is 5.40. The van der Waals surface area contributed by atoms with Crippen molar-refractivity contribution >= 4 is 18.3 Å². The fraction of sp³-hybridized carbons (Fsp3) is 0.650. The molecule has 0 heterocycles. The van der Waals surface area contributed by atoms with Crippen LogP contribution in [0.2, 0.25) is 0 Å². The van der Waals surface area contributed by atoms with E-state index in [-0.39, 0.29) is 35.5 Å². The molecule has 3 N–H and O–H groups in total. The fourth-order valence-corrected chi connectivity index (χ4v) is 4.93. The smallest absolute Gasteiger partial charge is 0.223 e. The van der Waals surface area contributed by atoms with Crippen molar-refractivity contribution in [3.05, 3.63) is 35.6 Å². The molecule has 1 amide bonds. The molecular weight excluding hydrogens is 339 g/mol. The number of benzene rings is 1. The first-order chi connectivity index (χ1) is 11.6. The molecule has 138 valence electrons. The summed E-state index contributed by atoms with van der Waals surface area (Å²) in [5, 5.41) is 3.20. The summed E-state index contributed by atoms with van der Waals surface area (Å²) in [6.07, 6.45) is 7.67. The molecule has 3 aliphatic rings. The van der Waals surface area contributed by atoms with Crippen LogP contribution in [-0.4, -0.2) is 18.5 Å². The molecule has 4 rings (SSSR count). The molecule has 3 saturated carbocycles. The third-order valence-corrected chi connectivity index (χ3v) is 6.69. The maximum absolute atomic E-state index is 13.1. The number of halogens is 2. The first-order valence-corrected chi connectivity index (χ1v) is 9.37. The molecule has 2 unspecified atom stereocenters. The van der Waals surface area contributed by atoms with E-state index in [0.717, 1.165) is 31.2 Å². The summed E-state index contributed by atoms with van der Waals surface area (Å²) in [5.74, 6) is 1.18. The Morgan fingerprint density at radius 1 is 1.16 bits per heavy atom. The topological polar surface area (TPSA) is 55.1 Å². The summed E-state index contributed by atoms with van der Waals surface area (Å²) < 4.78 is 13.1. The number of hydrogen-bond donors (Lipinski definition) is 2. The van der Waals surface area contributed by atoms with Gasteiger partial charge < -0.3 is 11.1 Å². The highest BCUT2D eigenvalue weighted by Gasteiger charge is 2.45. The van der Waals surface area contributed by atoms with Gasteiger partial charge in [0.05, 0.1) is 0 Å². The van der Waals surface area contributed by atoms with E-state index in [4.69, 9.17) is 5.73 Å². The molecule has 25 heavy (non-hydrogen) atoms. The summed E-state index contributed by atoms with van der Waals surface area (Å²) in [6.45, 7) is 0.676. The van der Waals surface area contributed by atoms with Crippen molar-refractivity contribution < 1.29 is 9.18 Å². The van der Waals surface area contributed by atoms with Gasteiger partial charge in [0.15, 0.2) is 0 Å². The number of hydrogen-bond acceptors (Lipinski definition) is 2. The minimum Gasteiger partial charge on any atom is -0.355 e. The predicted octanol–water partition coefficient (Wildman–Crippen LogP) is 3.55. The molecule has 0 radical (unpaired) electrons. The first-order valence-electron chi connectivity index (χ1n) is 9.37. The van der Waals surface area contributed by atoms with Crippen molar-refractivity contribution in [1.29, 1.82) is 0 Å². The SMILES string of the molecule is Cl.NC1C2CCCC1CC(C(=O)NCC1(c3ccc(F)cc3)CC1)C2. The molecule has 0 saturated heterocycles. The van der Waals surface area contributed by atoms with E-state index in [0.29, 0.717) is 24.4 Å². The molecule has 2 atom stereocenters. The van der Waals surface area contributed by atoms with E-state index in [1.165, 1.54) is 31.4 Å². The van der Waals surface area contributed by atoms with Gasteiger partial charge in [-0.05, 0) is 68.1 Å². The second-order valence-corrected chi connectivity index (χ2v) is 8.20. The van der Waals surface area contributed by atoms with Crippen LogP contribution in [0, 0.1) is 23.6 Å². The van der Waals surface area contributed by atoms with Crippen LogP contribution in [0.3, 0.4) is 0 Å². The van der Waals surface area contributed by atoms with Crippen LogP contribution in [0.4, 0.5) is 4.39 Å². The molecule has 0 aromatic heterocycles. The third-order valence-electron chi connectivity index (χ3n) is 6.69. The predicted molar refractivity (Wildman–Crippen MR) is 99.1 cm³/mol. The standard InChI is InChI=1S/C20H27FN2O.ClH/c21-17-6-4-16(5-7-17)20(8-9-20)12-23-19(24)15-10-13-2-1-3-14(11-15)18(13)22;/h4-7,13-15,18H,1-3,8-12,22H2,(H,23,24);1H. The third kappa shape index (κ3) is 3.70. The van der Waals surface area contributed by atoms with Gasteiger partial charge in [0.2, 0.25) is 5.91 Å². The Morgan fingerprint density at radius 2 is 1.76 bits per heavy atom. The van der Waals surface area contributed by atoms with Gasteiger partial charge in [-0.2, -0.15) is 0 Å². The molecule has 0 aliphatic heterocycles. The van der Waals surface area contributed by atoms with Crippen LogP contribution >= 0.6 is 12.4 Å². The molecule has 0 spiro atoms. The van der Waals surface area contributed by atoms with E-state index in [9.17, 15) is 9.18 Å². The van der Waals surface area contributed by atoms with Gasteiger partial charge in [-0.3, -0.25) is 4.79 Å². The lowest BCUT2D eigenvalue weighted by Gasteiger charge is -2.43. The molecule has 1 aromatic rings. The summed E-state index contributed by atoms with van der Waals surface area (Å²) in [7, 11) is 0. The Labute approximate surface area is 155 Å². The zero-order valence-electron chi connectivity index (χ0n) is 14.5. The minimum atomic E-state index is -0.205. The van der Waals surface area contributed by atoms with Crippen molar-refractivity contribution in [2.45, 2.75) is 56.4 Å². The molecular formula is C20H28ClFN2O. The van der Waals surface area contributed by atoms with Crippen LogP contribution in [0.25, 0.3) is 0 Å². The highest BCUT2D eigenvalue weighted by Crippen LogP contribution is 2.48. The zero-order chi connectivity index (χ0) is 16.7. The normalized spacial score (nSPS) is 32.4. The minimum absolute atomic E-state index is 0. The first kappa shape index (κ1) is 18.7. The summed E-state index contributed by atoms with van der Waals surface area (Å²) in [5.41, 5.74) is 7.50. The van der Waals surface area contributed by atoms with Gasteiger partial charge in [0.1, 0.15) is 5.82 Å². The van der Waals surface area contributed by atoms with Crippen LogP contribution < -0.4 is 11.1 Å². The van der Waals surface area contributed by atoms with Crippen molar-refractivity contribution in [2.75, 3.05) is 6.54 Å². The van der Waals surface area contributed by atoms with Crippen molar-refractivity contribution in [1.82, 2.24) is 5.32 Å². The quantitative estimate of drug-likeness (QED) is 0.856. The lowest BCUT2D eigenvalue weighted by atomic mass is 9.65. The second-order valence-electron chi connectivity index (χ2n) is 8.20. The van der Waals surface area contributed by atoms with Gasteiger partial charge in [-0.15, -0.1) is 12.4 Å². The van der Waals surface area contributed by atoms with Crippen molar-refractivity contribution in [3.63, 3.8) is 0 Å². The number of carbonyl (C=O) groups excluding carboxylic acids is 1. The summed E-state index contributed by atoms with van der Waals surface area (Å²) >= 11 is 0. The number of amides is 1. The highest BCUT2D eigenvalue weighted by atomic mass is 35.5. The number of nitrogens with two attached hydrogens (primary N) is 1. The van der Waals surface area contributed by atoms with Gasteiger partial charge >= 0.3 is 0 Å². The Morgan fingerprint density at radius 3 is 2.32 bits per heavy atom. The van der Waals surface area contributed by atoms with E-state index < -0.39 is 0 Å². The molecule has 2 bridgehead atoms. The Bertz CT molecular complexity index is 603. The fourth-order valence-electron chi connectivity index (χ4n) is 4.93. The number of rotatable bonds is 4. The van der Waals surface area contributed by atoms with Crippen LogP contribution in [0.1, 0.15) is 50.5 Å². The van der Waals surface area contributed by atoms with Gasteiger partial charge in [0.25, 0.3) is 0 Å². The summed E-state index contributed by atoms with van der Waals surface area (Å²) in [4.78, 5) is 12.7. The van der Waals surface area contributed by atoms with E-state index in [1.54, 1.807) is 0 Å².